The Labute approximate surface area is 114 Å². The largest absolute Gasteiger partial charge is 0.411 e. The van der Waals surface area contributed by atoms with E-state index in [0.29, 0.717) is 33.4 Å². The highest BCUT2D eigenvalue weighted by Gasteiger charge is 2.11. The topological polar surface area (TPSA) is 58.4 Å². The van der Waals surface area contributed by atoms with Gasteiger partial charge in [-0.05, 0) is 12.1 Å². The first-order valence-electron chi connectivity index (χ1n) is 5.12. The number of halogens is 2. The van der Waals surface area contributed by atoms with Gasteiger partial charge in [-0.2, -0.15) is 0 Å². The third kappa shape index (κ3) is 2.97. The third-order valence-electron chi connectivity index (χ3n) is 2.33. The van der Waals surface area contributed by atoms with Crippen molar-refractivity contribution in [1.82, 2.24) is 9.97 Å². The Morgan fingerprint density at radius 3 is 2.72 bits per heavy atom. The Balaban J connectivity index is 2.30. The fourth-order valence-corrected chi connectivity index (χ4v) is 2.02. The fourth-order valence-electron chi connectivity index (χ4n) is 1.50. The molecule has 0 atom stereocenters. The predicted molar refractivity (Wildman–Crippen MR) is 70.5 cm³/mol. The van der Waals surface area contributed by atoms with Gasteiger partial charge in [0.05, 0.1) is 16.4 Å². The number of hydrogen-bond acceptors (Lipinski definition) is 4. The van der Waals surface area contributed by atoms with Crippen molar-refractivity contribution in [2.45, 2.75) is 6.42 Å². The maximum Gasteiger partial charge on any atom is 0.0942 e. The molecule has 0 spiro atoms. The summed E-state index contributed by atoms with van der Waals surface area (Å²) in [6, 6.07) is 4.99. The van der Waals surface area contributed by atoms with Crippen LogP contribution in [0.3, 0.4) is 0 Å². The number of oxime groups is 1. The van der Waals surface area contributed by atoms with Crippen LogP contribution in [-0.2, 0) is 6.42 Å². The Kier molecular flexibility index (Phi) is 4.12. The van der Waals surface area contributed by atoms with Gasteiger partial charge >= 0.3 is 0 Å². The molecule has 0 radical (unpaired) electrons. The van der Waals surface area contributed by atoms with Crippen LogP contribution in [0, 0.1) is 0 Å². The zero-order valence-electron chi connectivity index (χ0n) is 9.22. The summed E-state index contributed by atoms with van der Waals surface area (Å²) in [6.45, 7) is 0. The molecule has 2 aromatic rings. The molecule has 92 valence electrons. The average Bonchev–Trinajstić information content (AvgIpc) is 2.38. The van der Waals surface area contributed by atoms with E-state index in [-0.39, 0.29) is 0 Å². The van der Waals surface area contributed by atoms with Gasteiger partial charge in [0.2, 0.25) is 0 Å². The van der Waals surface area contributed by atoms with E-state index >= 15 is 0 Å². The smallest absolute Gasteiger partial charge is 0.0942 e. The molecule has 1 aromatic carbocycles. The van der Waals surface area contributed by atoms with Gasteiger partial charge in [-0.1, -0.05) is 34.4 Å². The minimum atomic E-state index is 0.339. The molecule has 6 heteroatoms. The van der Waals surface area contributed by atoms with E-state index in [1.54, 1.807) is 36.8 Å². The first kappa shape index (κ1) is 12.8. The molecule has 0 amide bonds. The lowest BCUT2D eigenvalue weighted by molar-refractivity contribution is 0.318. The summed E-state index contributed by atoms with van der Waals surface area (Å²) in [5, 5.41) is 13.3. The molecule has 0 fully saturated rings. The molecular formula is C12H9Cl2N3O. The molecule has 1 aromatic heterocycles. The van der Waals surface area contributed by atoms with Gasteiger partial charge in [-0.25, -0.2) is 0 Å². The van der Waals surface area contributed by atoms with E-state index in [9.17, 15) is 0 Å². The van der Waals surface area contributed by atoms with Crippen LogP contribution in [0.1, 0.15) is 11.3 Å². The Morgan fingerprint density at radius 2 is 2.11 bits per heavy atom. The number of aromatic nitrogens is 2. The first-order valence-corrected chi connectivity index (χ1v) is 5.87. The van der Waals surface area contributed by atoms with Crippen molar-refractivity contribution in [3.8, 4) is 0 Å². The van der Waals surface area contributed by atoms with Crippen LogP contribution in [0.25, 0.3) is 0 Å². The Morgan fingerprint density at radius 1 is 1.28 bits per heavy atom. The van der Waals surface area contributed by atoms with Gasteiger partial charge in [-0.15, -0.1) is 0 Å². The van der Waals surface area contributed by atoms with Gasteiger partial charge < -0.3 is 5.21 Å². The van der Waals surface area contributed by atoms with Crippen LogP contribution in [-0.4, -0.2) is 20.9 Å². The molecule has 0 aliphatic rings. The van der Waals surface area contributed by atoms with E-state index in [4.69, 9.17) is 28.4 Å². The van der Waals surface area contributed by atoms with Crippen LogP contribution in [0.15, 0.2) is 41.9 Å². The lowest BCUT2D eigenvalue weighted by Gasteiger charge is -2.06. The monoisotopic (exact) mass is 281 g/mol. The van der Waals surface area contributed by atoms with E-state index in [0.717, 1.165) is 0 Å². The van der Waals surface area contributed by atoms with Gasteiger partial charge in [0.25, 0.3) is 0 Å². The minimum absolute atomic E-state index is 0.339. The molecule has 0 aliphatic carbocycles. The first-order chi connectivity index (χ1) is 8.70. The van der Waals surface area contributed by atoms with Crippen molar-refractivity contribution in [2.75, 3.05) is 0 Å². The van der Waals surface area contributed by atoms with Gasteiger partial charge in [0.1, 0.15) is 0 Å². The van der Waals surface area contributed by atoms with Crippen LogP contribution in [0.2, 0.25) is 10.0 Å². The summed E-state index contributed by atoms with van der Waals surface area (Å²) < 4.78 is 0. The van der Waals surface area contributed by atoms with Crippen LogP contribution in [0.4, 0.5) is 0 Å². The van der Waals surface area contributed by atoms with Gasteiger partial charge in [-0.3, -0.25) is 9.97 Å². The maximum atomic E-state index is 9.08. The van der Waals surface area contributed by atoms with Crippen molar-refractivity contribution in [1.29, 1.82) is 0 Å². The summed E-state index contributed by atoms with van der Waals surface area (Å²) in [6.07, 6.45) is 5.10. The van der Waals surface area contributed by atoms with Crippen molar-refractivity contribution >= 4 is 28.9 Å². The number of rotatable bonds is 3. The lowest BCUT2D eigenvalue weighted by Crippen LogP contribution is -2.07. The normalized spacial score (nSPS) is 11.6. The summed E-state index contributed by atoms with van der Waals surface area (Å²) in [5.41, 5.74) is 1.72. The molecule has 1 heterocycles. The Bertz CT molecular complexity index is 573. The standard InChI is InChI=1S/C12H9Cl2N3O/c13-8-1-2-10(11(14)5-8)12(17-18)6-9-7-15-3-4-16-9/h1-5,7,18H,6H2. The average molecular weight is 282 g/mol. The van der Waals surface area contributed by atoms with Crippen LogP contribution in [0.5, 0.6) is 0 Å². The summed E-state index contributed by atoms with van der Waals surface area (Å²) >= 11 is 11.9. The minimum Gasteiger partial charge on any atom is -0.411 e. The van der Waals surface area contributed by atoms with Crippen molar-refractivity contribution in [3.63, 3.8) is 0 Å². The second-order valence-electron chi connectivity index (χ2n) is 3.54. The molecule has 2 rings (SSSR count). The molecule has 0 unspecified atom stereocenters. The summed E-state index contributed by atoms with van der Waals surface area (Å²) in [5.74, 6) is 0. The molecule has 18 heavy (non-hydrogen) atoms. The lowest BCUT2D eigenvalue weighted by atomic mass is 10.1. The Hall–Kier alpha value is -1.65. The molecule has 1 N–H and O–H groups in total. The van der Waals surface area contributed by atoms with Crippen LogP contribution < -0.4 is 0 Å². The second kappa shape index (κ2) is 5.80. The molecule has 0 saturated carbocycles. The van der Waals surface area contributed by atoms with Crippen molar-refractivity contribution in [3.05, 3.63) is 58.1 Å². The van der Waals surface area contributed by atoms with Crippen molar-refractivity contribution in [2.24, 2.45) is 5.16 Å². The summed E-state index contributed by atoms with van der Waals surface area (Å²) in [4.78, 5) is 8.06. The molecule has 0 bridgehead atoms. The van der Waals surface area contributed by atoms with E-state index < -0.39 is 0 Å². The molecular weight excluding hydrogens is 273 g/mol. The summed E-state index contributed by atoms with van der Waals surface area (Å²) in [7, 11) is 0. The van der Waals surface area contributed by atoms with E-state index in [1.165, 1.54) is 0 Å². The van der Waals surface area contributed by atoms with E-state index in [2.05, 4.69) is 15.1 Å². The highest BCUT2D eigenvalue weighted by atomic mass is 35.5. The van der Waals surface area contributed by atoms with Gasteiger partial charge in [0, 0.05) is 35.6 Å². The molecule has 4 nitrogen and oxygen atoms in total. The maximum absolute atomic E-state index is 9.08. The van der Waals surface area contributed by atoms with Gasteiger partial charge in [0.15, 0.2) is 0 Å². The number of benzene rings is 1. The van der Waals surface area contributed by atoms with Crippen molar-refractivity contribution < 1.29 is 5.21 Å². The second-order valence-corrected chi connectivity index (χ2v) is 4.39. The number of nitrogens with zero attached hydrogens (tertiary/aromatic N) is 3. The predicted octanol–water partition coefficient (Wildman–Crippen LogP) is 3.20. The third-order valence-corrected chi connectivity index (χ3v) is 2.88. The highest BCUT2D eigenvalue weighted by Crippen LogP contribution is 2.22. The molecule has 0 saturated heterocycles. The molecule has 0 aliphatic heterocycles. The van der Waals surface area contributed by atoms with Crippen LogP contribution >= 0.6 is 23.2 Å². The fraction of sp³-hybridized carbons (Fsp3) is 0.0833. The zero-order chi connectivity index (χ0) is 13.0. The quantitative estimate of drug-likeness (QED) is 0.534. The highest BCUT2D eigenvalue weighted by molar-refractivity contribution is 6.37. The number of hydrogen-bond donors (Lipinski definition) is 1. The van der Waals surface area contributed by atoms with E-state index in [1.807, 2.05) is 0 Å². The SMILES string of the molecule is ON=C(Cc1cnccn1)c1ccc(Cl)cc1Cl. The zero-order valence-corrected chi connectivity index (χ0v) is 10.7.